The molecule has 0 radical (unpaired) electrons. The number of carbonyl (C=O) groups is 3. The van der Waals surface area contributed by atoms with Crippen LogP contribution < -0.4 is 0 Å². The van der Waals surface area contributed by atoms with Crippen LogP contribution in [-0.4, -0.2) is 37.2 Å². The Balaban J connectivity index is 4.06. The minimum absolute atomic E-state index is 0.0710. The smallest absolute Gasteiger partial charge is 0.306 e. The number of esters is 3. The normalized spacial score (nSPS) is 12.2. The first kappa shape index (κ1) is 61.6. The van der Waals surface area contributed by atoms with Gasteiger partial charge < -0.3 is 14.2 Å². The summed E-state index contributed by atoms with van der Waals surface area (Å²) >= 11 is 0. The predicted octanol–water partition coefficient (Wildman–Crippen LogP) is 18.5. The van der Waals surface area contributed by atoms with Gasteiger partial charge in [0.1, 0.15) is 13.2 Å². The highest BCUT2D eigenvalue weighted by atomic mass is 16.6. The van der Waals surface area contributed by atoms with Crippen LogP contribution in [0.15, 0.2) is 36.5 Å². The number of hydrogen-bond donors (Lipinski definition) is 0. The van der Waals surface area contributed by atoms with E-state index >= 15 is 0 Å². The van der Waals surface area contributed by atoms with Crippen LogP contribution in [0.3, 0.4) is 0 Å². The molecule has 0 aliphatic heterocycles. The van der Waals surface area contributed by atoms with Gasteiger partial charge in [0.15, 0.2) is 6.10 Å². The van der Waals surface area contributed by atoms with Gasteiger partial charge >= 0.3 is 17.9 Å². The molecule has 374 valence electrons. The monoisotopic (exact) mass is 899 g/mol. The van der Waals surface area contributed by atoms with Crippen LogP contribution in [0.4, 0.5) is 0 Å². The summed E-state index contributed by atoms with van der Waals surface area (Å²) < 4.78 is 16.7. The van der Waals surface area contributed by atoms with Gasteiger partial charge in [0.05, 0.1) is 0 Å². The van der Waals surface area contributed by atoms with Crippen molar-refractivity contribution in [2.75, 3.05) is 13.2 Å². The van der Waals surface area contributed by atoms with Gasteiger partial charge in [-0.1, -0.05) is 256 Å². The third-order valence-corrected chi connectivity index (χ3v) is 12.4. The molecule has 1 unspecified atom stereocenters. The standard InChI is InChI=1S/C58H106O6/c1-4-7-10-13-15-17-19-21-23-25-26-27-28-29-30-31-32-33-35-36-38-40-42-45-48-51-57(60)63-54-55(53-62-56(59)50-47-44-12-9-6-3)64-58(61)52-49-46-43-41-39-37-34-24-22-20-18-16-14-11-8-5-2/h19,21,25-26,28-29,55H,4-18,20,22-24,27,30-54H2,1-3H3/b21-19-,26-25-,29-28-. The molecule has 64 heavy (non-hydrogen) atoms. The molecule has 6 heteroatoms. The van der Waals surface area contributed by atoms with E-state index in [1.807, 2.05) is 0 Å². The van der Waals surface area contributed by atoms with Crippen molar-refractivity contribution < 1.29 is 28.6 Å². The maximum atomic E-state index is 12.7. The molecule has 0 spiro atoms. The summed E-state index contributed by atoms with van der Waals surface area (Å²) in [7, 11) is 0. The average Bonchev–Trinajstić information content (AvgIpc) is 3.29. The first-order valence-electron chi connectivity index (χ1n) is 28.0. The van der Waals surface area contributed by atoms with Crippen molar-refractivity contribution in [3.8, 4) is 0 Å². The van der Waals surface area contributed by atoms with E-state index in [0.717, 1.165) is 77.0 Å². The van der Waals surface area contributed by atoms with E-state index in [2.05, 4.69) is 57.2 Å². The van der Waals surface area contributed by atoms with Gasteiger partial charge in [-0.25, -0.2) is 0 Å². The molecule has 0 heterocycles. The molecule has 0 fully saturated rings. The molecule has 0 saturated carbocycles. The lowest BCUT2D eigenvalue weighted by molar-refractivity contribution is -0.167. The minimum atomic E-state index is -0.766. The van der Waals surface area contributed by atoms with E-state index in [9.17, 15) is 14.4 Å². The van der Waals surface area contributed by atoms with Crippen molar-refractivity contribution in [1.82, 2.24) is 0 Å². The van der Waals surface area contributed by atoms with Crippen LogP contribution in [0.25, 0.3) is 0 Å². The Morgan fingerprint density at radius 2 is 0.562 bits per heavy atom. The first-order chi connectivity index (χ1) is 31.5. The van der Waals surface area contributed by atoms with Gasteiger partial charge in [0.25, 0.3) is 0 Å². The van der Waals surface area contributed by atoms with Crippen LogP contribution in [-0.2, 0) is 28.6 Å². The lowest BCUT2D eigenvalue weighted by Gasteiger charge is -2.18. The van der Waals surface area contributed by atoms with Crippen molar-refractivity contribution in [3.05, 3.63) is 36.5 Å². The van der Waals surface area contributed by atoms with Crippen LogP contribution in [0.5, 0.6) is 0 Å². The van der Waals surface area contributed by atoms with Gasteiger partial charge in [0.2, 0.25) is 0 Å². The second-order valence-electron chi connectivity index (χ2n) is 18.9. The van der Waals surface area contributed by atoms with Gasteiger partial charge in [-0.05, 0) is 57.8 Å². The van der Waals surface area contributed by atoms with Crippen LogP contribution in [0.1, 0.15) is 297 Å². The van der Waals surface area contributed by atoms with Crippen molar-refractivity contribution in [1.29, 1.82) is 0 Å². The maximum absolute atomic E-state index is 12.7. The second-order valence-corrected chi connectivity index (χ2v) is 18.9. The Kier molecular flexibility index (Phi) is 51.3. The molecule has 0 rings (SSSR count). The molecule has 0 aliphatic carbocycles. The van der Waals surface area contributed by atoms with Crippen LogP contribution in [0, 0.1) is 0 Å². The summed E-state index contributed by atoms with van der Waals surface area (Å²) in [5.41, 5.74) is 0. The molecule has 0 aromatic heterocycles. The van der Waals surface area contributed by atoms with Gasteiger partial charge in [0, 0.05) is 19.3 Å². The topological polar surface area (TPSA) is 78.9 Å². The molecule has 0 aromatic carbocycles. The number of ether oxygens (including phenoxy) is 3. The second kappa shape index (κ2) is 53.2. The summed E-state index contributed by atoms with van der Waals surface area (Å²) in [6, 6.07) is 0. The zero-order valence-electron chi connectivity index (χ0n) is 42.8. The number of unbranched alkanes of at least 4 members (excludes halogenated alkanes) is 34. The van der Waals surface area contributed by atoms with Crippen molar-refractivity contribution in [2.45, 2.75) is 303 Å². The third kappa shape index (κ3) is 50.6. The van der Waals surface area contributed by atoms with Crippen molar-refractivity contribution in [3.63, 3.8) is 0 Å². The minimum Gasteiger partial charge on any atom is -0.462 e. The molecule has 0 aliphatic rings. The van der Waals surface area contributed by atoms with Crippen LogP contribution >= 0.6 is 0 Å². The van der Waals surface area contributed by atoms with E-state index in [4.69, 9.17) is 14.2 Å². The average molecular weight is 899 g/mol. The molecule has 0 bridgehead atoms. The highest BCUT2D eigenvalue weighted by Crippen LogP contribution is 2.16. The highest BCUT2D eigenvalue weighted by Gasteiger charge is 2.19. The first-order valence-corrected chi connectivity index (χ1v) is 28.0. The molecular formula is C58H106O6. The molecule has 6 nitrogen and oxygen atoms in total. The molecular weight excluding hydrogens is 793 g/mol. The van der Waals surface area contributed by atoms with Gasteiger partial charge in [-0.3, -0.25) is 14.4 Å². The van der Waals surface area contributed by atoms with E-state index in [0.29, 0.717) is 19.3 Å². The highest BCUT2D eigenvalue weighted by molar-refractivity contribution is 5.71. The molecule has 0 aromatic rings. The number of hydrogen-bond acceptors (Lipinski definition) is 6. The van der Waals surface area contributed by atoms with E-state index in [1.54, 1.807) is 0 Å². The zero-order valence-corrected chi connectivity index (χ0v) is 42.8. The van der Waals surface area contributed by atoms with Crippen molar-refractivity contribution in [2.24, 2.45) is 0 Å². The van der Waals surface area contributed by atoms with Crippen molar-refractivity contribution >= 4 is 17.9 Å². The number of carbonyl (C=O) groups excluding carboxylic acids is 3. The summed E-state index contributed by atoms with van der Waals surface area (Å²) in [4.78, 5) is 37.7. The summed E-state index contributed by atoms with van der Waals surface area (Å²) in [5, 5.41) is 0. The zero-order chi connectivity index (χ0) is 46.5. The fraction of sp³-hybridized carbons (Fsp3) is 0.845. The largest absolute Gasteiger partial charge is 0.462 e. The molecule has 0 saturated heterocycles. The lowest BCUT2D eigenvalue weighted by atomic mass is 10.0. The molecule has 0 amide bonds. The Bertz CT molecular complexity index is 1080. The quantitative estimate of drug-likeness (QED) is 0.0262. The maximum Gasteiger partial charge on any atom is 0.306 e. The Morgan fingerprint density at radius 3 is 0.875 bits per heavy atom. The van der Waals surface area contributed by atoms with E-state index in [-0.39, 0.29) is 31.1 Å². The van der Waals surface area contributed by atoms with Gasteiger partial charge in [-0.2, -0.15) is 0 Å². The fourth-order valence-corrected chi connectivity index (χ4v) is 8.16. The molecule has 1 atom stereocenters. The number of allylic oxidation sites excluding steroid dienone is 6. The predicted molar refractivity (Wildman–Crippen MR) is 275 cm³/mol. The third-order valence-electron chi connectivity index (χ3n) is 12.4. The van der Waals surface area contributed by atoms with E-state index in [1.165, 1.54) is 180 Å². The lowest BCUT2D eigenvalue weighted by Crippen LogP contribution is -2.30. The Hall–Kier alpha value is -2.37. The Morgan fingerprint density at radius 1 is 0.312 bits per heavy atom. The van der Waals surface area contributed by atoms with Gasteiger partial charge in [-0.15, -0.1) is 0 Å². The summed E-state index contributed by atoms with van der Waals surface area (Å²) in [5.74, 6) is -0.875. The number of rotatable bonds is 51. The summed E-state index contributed by atoms with van der Waals surface area (Å²) in [6.45, 7) is 6.57. The molecule has 0 N–H and O–H groups in total. The van der Waals surface area contributed by atoms with Crippen LogP contribution in [0.2, 0.25) is 0 Å². The summed E-state index contributed by atoms with van der Waals surface area (Å²) in [6.07, 6.45) is 63.2. The fourth-order valence-electron chi connectivity index (χ4n) is 8.16. The van der Waals surface area contributed by atoms with E-state index < -0.39 is 6.10 Å². The SMILES string of the molecule is CCCCCCC/C=C\C/C=C\C/C=C\CCCCCCCCCCCCC(=O)OCC(COC(=O)CCCCCCC)OC(=O)CCCCCCCCCCCCCCCCCC. The Labute approximate surface area is 397 Å².